The van der Waals surface area contributed by atoms with Crippen LogP contribution in [0.15, 0.2) is 19.6 Å². The van der Waals surface area contributed by atoms with E-state index in [0.29, 0.717) is 5.56 Å². The first-order valence-electron chi connectivity index (χ1n) is 5.48. The zero-order valence-corrected chi connectivity index (χ0v) is 13.1. The lowest BCUT2D eigenvalue weighted by Crippen LogP contribution is -2.37. The first-order valence-corrected chi connectivity index (χ1v) is 7.08. The number of nitrogens with zero attached hydrogens (tertiary/aromatic N) is 3. The van der Waals surface area contributed by atoms with Crippen molar-refractivity contribution in [2.45, 2.75) is 6.92 Å². The molecule has 7 heteroatoms. The zero-order valence-electron chi connectivity index (χ0n) is 10.7. The molecule has 0 fully saturated rings. The van der Waals surface area contributed by atoms with Gasteiger partial charge in [0.1, 0.15) is 5.01 Å². The van der Waals surface area contributed by atoms with Crippen molar-refractivity contribution < 1.29 is 0 Å². The molecule has 0 aliphatic carbocycles. The first kappa shape index (κ1) is 14.0. The molecule has 0 amide bonds. The number of rotatable bonds is 2. The van der Waals surface area contributed by atoms with Crippen molar-refractivity contribution in [2.24, 2.45) is 14.1 Å². The molecule has 0 saturated heterocycles. The van der Waals surface area contributed by atoms with Gasteiger partial charge in [-0.25, -0.2) is 9.78 Å². The maximum absolute atomic E-state index is 11.9. The maximum Gasteiger partial charge on any atom is 0.330 e. The monoisotopic (exact) mass is 341 g/mol. The van der Waals surface area contributed by atoms with Crippen LogP contribution in [0.2, 0.25) is 0 Å². The summed E-state index contributed by atoms with van der Waals surface area (Å²) in [6.45, 7) is 1.91. The fourth-order valence-corrected chi connectivity index (χ4v) is 2.86. The van der Waals surface area contributed by atoms with Gasteiger partial charge in [0, 0.05) is 20.3 Å². The molecule has 0 aliphatic heterocycles. The molecular formula is C12H12BrN3O2S. The van der Waals surface area contributed by atoms with E-state index in [1.165, 1.54) is 29.1 Å². The molecule has 2 heterocycles. The van der Waals surface area contributed by atoms with Crippen LogP contribution in [0.25, 0.3) is 12.2 Å². The Kier molecular flexibility index (Phi) is 3.86. The Morgan fingerprint density at radius 2 is 2.00 bits per heavy atom. The van der Waals surface area contributed by atoms with E-state index in [1.54, 1.807) is 19.2 Å². The van der Waals surface area contributed by atoms with Crippen LogP contribution in [0, 0.1) is 6.92 Å². The fourth-order valence-electron chi connectivity index (χ4n) is 1.58. The van der Waals surface area contributed by atoms with E-state index in [-0.39, 0.29) is 11.2 Å². The summed E-state index contributed by atoms with van der Waals surface area (Å²) in [5, 5.41) is 0.806. The van der Waals surface area contributed by atoms with Gasteiger partial charge < -0.3 is 4.57 Å². The largest absolute Gasteiger partial charge is 0.330 e. The van der Waals surface area contributed by atoms with Gasteiger partial charge >= 0.3 is 5.69 Å². The average Bonchev–Trinajstić information content (AvgIpc) is 2.69. The summed E-state index contributed by atoms with van der Waals surface area (Å²) < 4.78 is 3.44. The summed E-state index contributed by atoms with van der Waals surface area (Å²) in [6.07, 6.45) is 4.97. The highest BCUT2D eigenvalue weighted by Gasteiger charge is 2.05. The second kappa shape index (κ2) is 5.26. The molecule has 2 aromatic rings. The van der Waals surface area contributed by atoms with Gasteiger partial charge in [-0.05, 0) is 35.0 Å². The molecule has 100 valence electrons. The molecule has 0 aliphatic rings. The van der Waals surface area contributed by atoms with Gasteiger partial charge in [-0.15, -0.1) is 11.3 Å². The third-order valence-corrected chi connectivity index (χ3v) is 4.61. The smallest absolute Gasteiger partial charge is 0.303 e. The van der Waals surface area contributed by atoms with E-state index in [1.807, 2.05) is 6.92 Å². The second-order valence-corrected chi connectivity index (χ2v) is 6.44. The minimum Gasteiger partial charge on any atom is -0.303 e. The normalized spacial score (nSPS) is 11.4. The lowest BCUT2D eigenvalue weighted by molar-refractivity contribution is 0.683. The Hall–Kier alpha value is -1.47. The molecule has 19 heavy (non-hydrogen) atoms. The third kappa shape index (κ3) is 2.76. The summed E-state index contributed by atoms with van der Waals surface area (Å²) in [5.41, 5.74) is 0.716. The number of aryl methyl sites for hydroxylation is 2. The number of thiazole rings is 1. The van der Waals surface area contributed by atoms with E-state index < -0.39 is 0 Å². The highest BCUT2D eigenvalue weighted by atomic mass is 79.9. The van der Waals surface area contributed by atoms with Gasteiger partial charge in [-0.2, -0.15) is 0 Å². The van der Waals surface area contributed by atoms with Crippen molar-refractivity contribution in [3.8, 4) is 0 Å². The van der Waals surface area contributed by atoms with Crippen LogP contribution < -0.4 is 11.2 Å². The van der Waals surface area contributed by atoms with Crippen molar-refractivity contribution in [3.05, 3.63) is 47.1 Å². The van der Waals surface area contributed by atoms with E-state index in [9.17, 15) is 9.59 Å². The van der Waals surface area contributed by atoms with E-state index in [0.717, 1.165) is 19.1 Å². The standard InChI is InChI=1S/C12H12BrN3O2S/c1-7-10(13)19-9(14-7)5-4-8-6-15(2)12(18)16(3)11(8)17/h4-6H,1-3H3/b5-4+. The molecule has 5 nitrogen and oxygen atoms in total. The van der Waals surface area contributed by atoms with Crippen molar-refractivity contribution in [2.75, 3.05) is 0 Å². The summed E-state index contributed by atoms with van der Waals surface area (Å²) in [6, 6.07) is 0. The van der Waals surface area contributed by atoms with Crippen molar-refractivity contribution >= 4 is 39.4 Å². The lowest BCUT2D eigenvalue weighted by Gasteiger charge is -2.02. The Balaban J connectivity index is 2.44. The molecule has 0 radical (unpaired) electrons. The molecule has 0 atom stereocenters. The first-order chi connectivity index (χ1) is 8.90. The molecule has 0 saturated carbocycles. The van der Waals surface area contributed by atoms with Crippen LogP contribution >= 0.6 is 27.3 Å². The molecular weight excluding hydrogens is 330 g/mol. The molecule has 0 N–H and O–H groups in total. The second-order valence-electron chi connectivity index (χ2n) is 4.09. The van der Waals surface area contributed by atoms with Crippen LogP contribution in [0.4, 0.5) is 0 Å². The van der Waals surface area contributed by atoms with Crippen molar-refractivity contribution in [3.63, 3.8) is 0 Å². The summed E-state index contributed by atoms with van der Waals surface area (Å²) in [5.74, 6) is 0. The van der Waals surface area contributed by atoms with E-state index >= 15 is 0 Å². The number of halogens is 1. The van der Waals surface area contributed by atoms with Crippen LogP contribution in [-0.2, 0) is 14.1 Å². The van der Waals surface area contributed by atoms with Gasteiger partial charge in [0.15, 0.2) is 0 Å². The molecule has 0 spiro atoms. The minimum atomic E-state index is -0.338. The molecule has 0 bridgehead atoms. The third-order valence-electron chi connectivity index (χ3n) is 2.63. The predicted octanol–water partition coefficient (Wildman–Crippen LogP) is 1.78. The van der Waals surface area contributed by atoms with Gasteiger partial charge in [-0.3, -0.25) is 9.36 Å². The van der Waals surface area contributed by atoms with Gasteiger partial charge in [0.2, 0.25) is 0 Å². The predicted molar refractivity (Wildman–Crippen MR) is 80.4 cm³/mol. The van der Waals surface area contributed by atoms with Gasteiger partial charge in [0.25, 0.3) is 5.56 Å². The van der Waals surface area contributed by atoms with Crippen LogP contribution in [0.5, 0.6) is 0 Å². The van der Waals surface area contributed by atoms with Gasteiger partial charge in [0.05, 0.1) is 15.0 Å². The van der Waals surface area contributed by atoms with Crippen molar-refractivity contribution in [1.29, 1.82) is 0 Å². The van der Waals surface area contributed by atoms with Crippen LogP contribution in [0.3, 0.4) is 0 Å². The quantitative estimate of drug-likeness (QED) is 0.836. The highest BCUT2D eigenvalue weighted by molar-refractivity contribution is 9.11. The Labute approximate surface area is 122 Å². The average molecular weight is 342 g/mol. The molecule has 2 aromatic heterocycles. The molecule has 0 aromatic carbocycles. The van der Waals surface area contributed by atoms with E-state index in [2.05, 4.69) is 20.9 Å². The fraction of sp³-hybridized carbons (Fsp3) is 0.250. The molecule has 2 rings (SSSR count). The van der Waals surface area contributed by atoms with Gasteiger partial charge in [-0.1, -0.05) is 0 Å². The minimum absolute atomic E-state index is 0.313. The topological polar surface area (TPSA) is 56.9 Å². The summed E-state index contributed by atoms with van der Waals surface area (Å²) in [4.78, 5) is 27.8. The number of hydrogen-bond donors (Lipinski definition) is 0. The molecule has 0 unspecified atom stereocenters. The lowest BCUT2D eigenvalue weighted by atomic mass is 10.3. The zero-order chi connectivity index (χ0) is 14.2. The Morgan fingerprint density at radius 3 is 2.58 bits per heavy atom. The summed E-state index contributed by atoms with van der Waals surface area (Å²) >= 11 is 4.89. The maximum atomic E-state index is 11.9. The van der Waals surface area contributed by atoms with E-state index in [4.69, 9.17) is 0 Å². The van der Waals surface area contributed by atoms with Crippen molar-refractivity contribution in [1.82, 2.24) is 14.1 Å². The Bertz CT molecular complexity index is 751. The SMILES string of the molecule is Cc1nc(/C=C/c2cn(C)c(=O)n(C)c2=O)sc1Br. The highest BCUT2D eigenvalue weighted by Crippen LogP contribution is 2.25. The van der Waals surface area contributed by atoms with Crippen LogP contribution in [0.1, 0.15) is 16.3 Å². The Morgan fingerprint density at radius 1 is 1.32 bits per heavy atom. The number of aromatic nitrogens is 3. The summed E-state index contributed by atoms with van der Waals surface area (Å²) in [7, 11) is 3.08. The number of hydrogen-bond acceptors (Lipinski definition) is 4. The van der Waals surface area contributed by atoms with Crippen LogP contribution in [-0.4, -0.2) is 14.1 Å².